The molecule has 2 aromatic heterocycles. The van der Waals surface area contributed by atoms with E-state index in [1.54, 1.807) is 25.3 Å². The zero-order valence-corrected chi connectivity index (χ0v) is 31.6. The van der Waals surface area contributed by atoms with Gasteiger partial charge in [0.05, 0.1) is 41.0 Å². The zero-order chi connectivity index (χ0) is 40.1. The quantitative estimate of drug-likeness (QED) is 0.162. The van der Waals surface area contributed by atoms with Gasteiger partial charge in [-0.2, -0.15) is 18.3 Å². The summed E-state index contributed by atoms with van der Waals surface area (Å²) >= 11 is 0. The number of piperazine rings is 1. The lowest BCUT2D eigenvalue weighted by Gasteiger charge is -2.43. The molecule has 3 aliphatic rings. The van der Waals surface area contributed by atoms with Crippen LogP contribution in [-0.4, -0.2) is 109 Å². The minimum Gasteiger partial charge on any atom is -0.494 e. The molecule has 0 bridgehead atoms. The second-order valence-corrected chi connectivity index (χ2v) is 14.0. The molecule has 4 N–H and O–H groups in total. The van der Waals surface area contributed by atoms with E-state index in [2.05, 4.69) is 51.1 Å². The van der Waals surface area contributed by atoms with Gasteiger partial charge in [0.15, 0.2) is 5.82 Å². The number of anilines is 6. The number of aromatic nitrogens is 3. The molecular weight excluding hydrogens is 743 g/mol. The van der Waals surface area contributed by atoms with E-state index in [1.165, 1.54) is 30.1 Å². The highest BCUT2D eigenvalue weighted by molar-refractivity contribution is 6.05. The van der Waals surface area contributed by atoms with Crippen LogP contribution in [0.15, 0.2) is 66.9 Å². The number of hydrogen-bond acceptors (Lipinski definition) is 12. The maximum absolute atomic E-state index is 14.0. The van der Waals surface area contributed by atoms with Crippen molar-refractivity contribution >= 4 is 52.2 Å². The van der Waals surface area contributed by atoms with Crippen molar-refractivity contribution in [1.29, 1.82) is 0 Å². The number of para-hydroxylation sites is 1. The molecule has 3 saturated heterocycles. The number of pyridine rings is 1. The van der Waals surface area contributed by atoms with E-state index in [4.69, 9.17) is 4.74 Å². The lowest BCUT2D eigenvalue weighted by Crippen LogP contribution is -2.53. The summed E-state index contributed by atoms with van der Waals surface area (Å²) in [5.74, 6) is 0.365. The number of amides is 4. The fraction of sp³-hybridized carbons (Fsp3) is 0.385. The van der Waals surface area contributed by atoms with Crippen molar-refractivity contribution in [1.82, 2.24) is 35.6 Å². The Hall–Kier alpha value is -6.01. The Labute approximate surface area is 327 Å². The summed E-state index contributed by atoms with van der Waals surface area (Å²) in [6.45, 7) is 6.37. The number of ether oxygens (including phenoxy) is 1. The SMILES string of the molecule is CNC(=O)c1ccccc1Nc1cc(Nc2ccc(N3CCC(N4CCN(Cc5ccc(N6CCC(=O)NC6=O)nn5)CC4)CC3)cc2OC)ncc1C(F)(F)F. The van der Waals surface area contributed by atoms with Gasteiger partial charge in [0.2, 0.25) is 5.91 Å². The number of benzene rings is 2. The van der Waals surface area contributed by atoms with Gasteiger partial charge in [-0.25, -0.2) is 9.78 Å². The van der Waals surface area contributed by atoms with Crippen LogP contribution >= 0.6 is 0 Å². The lowest BCUT2D eigenvalue weighted by atomic mass is 10.0. The van der Waals surface area contributed by atoms with E-state index in [-0.39, 0.29) is 41.6 Å². The second kappa shape index (κ2) is 17.0. The third kappa shape index (κ3) is 9.18. The van der Waals surface area contributed by atoms with Gasteiger partial charge >= 0.3 is 12.2 Å². The minimum atomic E-state index is -4.69. The first kappa shape index (κ1) is 39.2. The third-order valence-corrected chi connectivity index (χ3v) is 10.5. The van der Waals surface area contributed by atoms with E-state index in [0.717, 1.165) is 69.7 Å². The Morgan fingerprint density at radius 2 is 1.67 bits per heavy atom. The number of hydrogen-bond donors (Lipinski definition) is 4. The Kier molecular flexibility index (Phi) is 11.7. The molecule has 0 aliphatic carbocycles. The van der Waals surface area contributed by atoms with E-state index in [0.29, 0.717) is 29.8 Å². The van der Waals surface area contributed by atoms with Gasteiger partial charge in [0.1, 0.15) is 11.6 Å². The van der Waals surface area contributed by atoms with E-state index < -0.39 is 23.7 Å². The monoisotopic (exact) mass is 787 g/mol. The summed E-state index contributed by atoms with van der Waals surface area (Å²) in [6, 6.07) is 16.9. The highest BCUT2D eigenvalue weighted by Gasteiger charge is 2.35. The van der Waals surface area contributed by atoms with Crippen molar-refractivity contribution in [3.8, 4) is 5.75 Å². The Morgan fingerprint density at radius 3 is 2.35 bits per heavy atom. The van der Waals surface area contributed by atoms with Gasteiger partial charge in [-0.1, -0.05) is 12.1 Å². The van der Waals surface area contributed by atoms with E-state index >= 15 is 0 Å². The molecule has 15 nitrogen and oxygen atoms in total. The number of nitrogens with zero attached hydrogens (tertiary/aromatic N) is 7. The third-order valence-electron chi connectivity index (χ3n) is 10.5. The normalized spacial score (nSPS) is 17.3. The van der Waals surface area contributed by atoms with Gasteiger partial charge in [0, 0.05) is 95.9 Å². The molecule has 18 heteroatoms. The van der Waals surface area contributed by atoms with E-state index in [1.807, 2.05) is 24.3 Å². The van der Waals surface area contributed by atoms with Gasteiger partial charge in [-0.3, -0.25) is 29.6 Å². The van der Waals surface area contributed by atoms with Crippen molar-refractivity contribution in [2.24, 2.45) is 0 Å². The van der Waals surface area contributed by atoms with Crippen LogP contribution in [0.5, 0.6) is 5.75 Å². The molecule has 0 saturated carbocycles. The van der Waals surface area contributed by atoms with Crippen LogP contribution in [-0.2, 0) is 17.5 Å². The zero-order valence-electron chi connectivity index (χ0n) is 31.6. The number of urea groups is 1. The molecule has 300 valence electrons. The summed E-state index contributed by atoms with van der Waals surface area (Å²) in [6.07, 6.45) is -1.70. The number of halogens is 3. The Morgan fingerprint density at radius 1 is 0.895 bits per heavy atom. The molecule has 3 aliphatic heterocycles. The topological polar surface area (TPSA) is 160 Å². The molecule has 57 heavy (non-hydrogen) atoms. The van der Waals surface area contributed by atoms with Crippen molar-refractivity contribution in [3.63, 3.8) is 0 Å². The van der Waals surface area contributed by atoms with Crippen LogP contribution in [0.1, 0.15) is 40.9 Å². The fourth-order valence-corrected chi connectivity index (χ4v) is 7.41. The molecule has 4 amide bonds. The lowest BCUT2D eigenvalue weighted by molar-refractivity contribution is -0.137. The number of nitrogens with one attached hydrogen (secondary N) is 4. The van der Waals surface area contributed by atoms with Crippen LogP contribution in [0.3, 0.4) is 0 Å². The molecule has 4 aromatic rings. The molecule has 7 rings (SSSR count). The molecule has 0 spiro atoms. The van der Waals surface area contributed by atoms with Crippen molar-refractivity contribution in [2.45, 2.75) is 38.0 Å². The number of carbonyl (C=O) groups excluding carboxylic acids is 3. The maximum atomic E-state index is 14.0. The predicted octanol–water partition coefficient (Wildman–Crippen LogP) is 4.98. The fourth-order valence-electron chi connectivity index (χ4n) is 7.41. The predicted molar refractivity (Wildman–Crippen MR) is 208 cm³/mol. The number of alkyl halides is 3. The first-order valence-electron chi connectivity index (χ1n) is 18.7. The maximum Gasteiger partial charge on any atom is 0.419 e. The summed E-state index contributed by atoms with van der Waals surface area (Å²) in [5, 5.41) is 19.3. The van der Waals surface area contributed by atoms with Crippen LogP contribution in [0.2, 0.25) is 0 Å². The van der Waals surface area contributed by atoms with Gasteiger partial charge < -0.3 is 25.6 Å². The molecular formula is C39H44F3N11O4. The number of rotatable bonds is 11. The highest BCUT2D eigenvalue weighted by Crippen LogP contribution is 2.39. The molecule has 3 fully saturated rings. The van der Waals surface area contributed by atoms with E-state index in [9.17, 15) is 27.6 Å². The molecule has 5 heterocycles. The van der Waals surface area contributed by atoms with Crippen LogP contribution < -0.4 is 35.8 Å². The summed E-state index contributed by atoms with van der Waals surface area (Å²) in [5.41, 5.74) is 1.52. The Balaban J connectivity index is 0.929. The summed E-state index contributed by atoms with van der Waals surface area (Å²) < 4.78 is 47.8. The average molecular weight is 788 g/mol. The van der Waals surface area contributed by atoms with Gasteiger partial charge in [-0.15, -0.1) is 5.10 Å². The van der Waals surface area contributed by atoms with Crippen LogP contribution in [0.25, 0.3) is 0 Å². The summed E-state index contributed by atoms with van der Waals surface area (Å²) in [4.78, 5) is 48.7. The van der Waals surface area contributed by atoms with Gasteiger partial charge in [0.25, 0.3) is 5.91 Å². The van der Waals surface area contributed by atoms with Crippen molar-refractivity contribution < 1.29 is 32.3 Å². The smallest absolute Gasteiger partial charge is 0.419 e. The van der Waals surface area contributed by atoms with Crippen LogP contribution in [0, 0.1) is 0 Å². The molecule has 2 aromatic carbocycles. The molecule has 0 unspecified atom stereocenters. The Bertz CT molecular complexity index is 2090. The number of piperidine rings is 1. The molecule has 0 radical (unpaired) electrons. The molecule has 0 atom stereocenters. The van der Waals surface area contributed by atoms with Crippen molar-refractivity contribution in [2.75, 3.05) is 80.4 Å². The van der Waals surface area contributed by atoms with Crippen molar-refractivity contribution in [3.05, 3.63) is 83.7 Å². The summed E-state index contributed by atoms with van der Waals surface area (Å²) in [7, 11) is 2.99. The second-order valence-electron chi connectivity index (χ2n) is 14.0. The van der Waals surface area contributed by atoms with Crippen LogP contribution in [0.4, 0.5) is 52.4 Å². The number of carbonyl (C=O) groups is 3. The highest BCUT2D eigenvalue weighted by atomic mass is 19.4. The van der Waals surface area contributed by atoms with Gasteiger partial charge in [-0.05, 0) is 49.2 Å². The number of methoxy groups -OCH3 is 1. The average Bonchev–Trinajstić information content (AvgIpc) is 3.21. The first-order valence-corrected chi connectivity index (χ1v) is 18.7. The first-order chi connectivity index (χ1) is 27.5. The minimum absolute atomic E-state index is 0.156. The number of imide groups is 1. The standard InChI is InChI=1S/C39H44F3N11O4/c1-43-37(55)28-5-3-4-6-30(28)45-32-22-34(44-23-29(32)39(40,41)42)46-31-9-8-27(21-33(31)57-2)51-14-11-26(12-15-51)52-19-17-50(18-20-52)24-25-7-10-35(49-48-25)53-16-13-36(54)47-38(53)56/h3-10,21-23,26H,11-20,24H2,1-2H3,(H,43,55)(H2,44,45,46)(H,47,54,56). The largest absolute Gasteiger partial charge is 0.494 e.